The average molecular weight is 251 g/mol. The van der Waals surface area contributed by atoms with Gasteiger partial charge in [0.1, 0.15) is 0 Å². The third-order valence-electron chi connectivity index (χ3n) is 5.87. The summed E-state index contributed by atoms with van der Waals surface area (Å²) in [5.74, 6) is 2.01. The normalized spacial score (nSPS) is 43.0. The molecule has 0 aromatic rings. The van der Waals surface area contributed by atoms with Crippen molar-refractivity contribution in [1.29, 1.82) is 0 Å². The molecule has 3 rings (SSSR count). The fourth-order valence-electron chi connectivity index (χ4n) is 4.65. The Kier molecular flexibility index (Phi) is 3.65. The van der Waals surface area contributed by atoms with E-state index in [-0.39, 0.29) is 0 Å². The lowest BCUT2D eigenvalue weighted by Gasteiger charge is -2.49. The highest BCUT2D eigenvalue weighted by atomic mass is 15.3. The van der Waals surface area contributed by atoms with Gasteiger partial charge in [0.2, 0.25) is 0 Å². The fourth-order valence-corrected chi connectivity index (χ4v) is 4.65. The molecule has 0 radical (unpaired) electrons. The van der Waals surface area contributed by atoms with E-state index in [0.29, 0.717) is 5.54 Å². The first-order valence-corrected chi connectivity index (χ1v) is 7.87. The largest absolute Gasteiger partial charge is 0.329 e. The highest BCUT2D eigenvalue weighted by Gasteiger charge is 2.44. The molecule has 2 N–H and O–H groups in total. The molecule has 0 aromatic heterocycles. The molecule has 0 aromatic carbocycles. The van der Waals surface area contributed by atoms with Crippen molar-refractivity contribution in [3.05, 3.63) is 0 Å². The number of rotatable bonds is 2. The minimum atomic E-state index is 0.303. The van der Waals surface area contributed by atoms with Gasteiger partial charge in [0, 0.05) is 25.2 Å². The van der Waals surface area contributed by atoms with Crippen molar-refractivity contribution in [3.63, 3.8) is 0 Å². The van der Waals surface area contributed by atoms with E-state index in [1.165, 1.54) is 64.7 Å². The summed E-state index contributed by atoms with van der Waals surface area (Å²) in [6.07, 6.45) is 8.61. The van der Waals surface area contributed by atoms with Gasteiger partial charge in [-0.25, -0.2) is 0 Å². The number of hydrogen-bond donors (Lipinski definition) is 1. The lowest BCUT2D eigenvalue weighted by Crippen LogP contribution is -2.59. The van der Waals surface area contributed by atoms with E-state index in [2.05, 4.69) is 16.8 Å². The van der Waals surface area contributed by atoms with Crippen LogP contribution in [0.25, 0.3) is 0 Å². The van der Waals surface area contributed by atoms with Crippen LogP contribution in [0, 0.1) is 11.8 Å². The maximum Gasteiger partial charge on any atom is 0.0470 e. The molecule has 1 saturated carbocycles. The predicted octanol–water partition coefficient (Wildman–Crippen LogP) is 1.53. The highest BCUT2D eigenvalue weighted by Crippen LogP contribution is 2.39. The van der Waals surface area contributed by atoms with Crippen LogP contribution in [0.15, 0.2) is 0 Å². The highest BCUT2D eigenvalue weighted by molar-refractivity contribution is 5.01. The average Bonchev–Trinajstić information content (AvgIpc) is 2.81. The van der Waals surface area contributed by atoms with Crippen LogP contribution in [0.4, 0.5) is 0 Å². The number of likely N-dealkylation sites (N-methyl/N-ethyl adjacent to an activating group) is 1. The molecule has 0 amide bonds. The summed E-state index contributed by atoms with van der Waals surface area (Å²) in [4.78, 5) is 5.23. The van der Waals surface area contributed by atoms with Gasteiger partial charge in [0.25, 0.3) is 0 Å². The molecule has 0 bridgehead atoms. The number of nitrogens with two attached hydrogens (primary N) is 1. The predicted molar refractivity (Wildman–Crippen MR) is 75.5 cm³/mol. The van der Waals surface area contributed by atoms with E-state index in [9.17, 15) is 0 Å². The van der Waals surface area contributed by atoms with Crippen LogP contribution in [0.5, 0.6) is 0 Å². The van der Waals surface area contributed by atoms with Gasteiger partial charge in [-0.3, -0.25) is 4.90 Å². The third kappa shape index (κ3) is 2.21. The van der Waals surface area contributed by atoms with Crippen molar-refractivity contribution in [2.24, 2.45) is 17.6 Å². The second kappa shape index (κ2) is 5.10. The smallest absolute Gasteiger partial charge is 0.0470 e. The van der Waals surface area contributed by atoms with Gasteiger partial charge in [-0.15, -0.1) is 0 Å². The zero-order valence-corrected chi connectivity index (χ0v) is 11.9. The first-order valence-electron chi connectivity index (χ1n) is 7.87. The van der Waals surface area contributed by atoms with Crippen LogP contribution in [0.3, 0.4) is 0 Å². The molecule has 3 nitrogen and oxygen atoms in total. The summed E-state index contributed by atoms with van der Waals surface area (Å²) in [7, 11) is 2.24. The molecule has 2 heterocycles. The van der Waals surface area contributed by atoms with Gasteiger partial charge in [0.15, 0.2) is 0 Å². The Morgan fingerprint density at radius 2 is 1.89 bits per heavy atom. The van der Waals surface area contributed by atoms with Crippen molar-refractivity contribution in [2.45, 2.75) is 44.1 Å². The lowest BCUT2D eigenvalue weighted by molar-refractivity contribution is 0.0124. The maximum atomic E-state index is 6.16. The van der Waals surface area contributed by atoms with Crippen LogP contribution < -0.4 is 5.73 Å². The first kappa shape index (κ1) is 12.9. The monoisotopic (exact) mass is 251 g/mol. The van der Waals surface area contributed by atoms with E-state index < -0.39 is 0 Å². The summed E-state index contributed by atoms with van der Waals surface area (Å²) in [6.45, 7) is 5.87. The van der Waals surface area contributed by atoms with Crippen LogP contribution in [-0.2, 0) is 0 Å². The molecule has 2 aliphatic heterocycles. The summed E-state index contributed by atoms with van der Waals surface area (Å²) < 4.78 is 0. The van der Waals surface area contributed by atoms with Gasteiger partial charge < -0.3 is 10.6 Å². The molecule has 0 spiro atoms. The van der Waals surface area contributed by atoms with E-state index in [4.69, 9.17) is 5.73 Å². The fraction of sp³-hybridized carbons (Fsp3) is 1.00. The van der Waals surface area contributed by atoms with E-state index >= 15 is 0 Å². The number of piperidine rings is 1. The molecule has 104 valence electrons. The van der Waals surface area contributed by atoms with Crippen LogP contribution >= 0.6 is 0 Å². The Bertz CT molecular complexity index is 293. The number of hydrogen-bond acceptors (Lipinski definition) is 3. The Morgan fingerprint density at radius 1 is 1.11 bits per heavy atom. The quantitative estimate of drug-likeness (QED) is 0.808. The molecule has 2 saturated heterocycles. The zero-order valence-electron chi connectivity index (χ0n) is 11.9. The molecule has 3 atom stereocenters. The van der Waals surface area contributed by atoms with Crippen molar-refractivity contribution >= 4 is 0 Å². The van der Waals surface area contributed by atoms with Gasteiger partial charge >= 0.3 is 0 Å². The van der Waals surface area contributed by atoms with Crippen molar-refractivity contribution in [3.8, 4) is 0 Å². The lowest BCUT2D eigenvalue weighted by atomic mass is 9.74. The van der Waals surface area contributed by atoms with E-state index in [1.54, 1.807) is 0 Å². The number of likely N-dealkylation sites (tertiary alicyclic amines) is 2. The van der Waals surface area contributed by atoms with E-state index in [0.717, 1.165) is 18.4 Å². The van der Waals surface area contributed by atoms with Crippen LogP contribution in [0.2, 0.25) is 0 Å². The second-order valence-corrected chi connectivity index (χ2v) is 6.96. The summed E-state index contributed by atoms with van der Waals surface area (Å²) >= 11 is 0. The topological polar surface area (TPSA) is 32.5 Å². The van der Waals surface area contributed by atoms with Crippen molar-refractivity contribution in [1.82, 2.24) is 9.80 Å². The van der Waals surface area contributed by atoms with Crippen LogP contribution in [-0.4, -0.2) is 55.1 Å². The SMILES string of the molecule is CN1CCC(CN)(N2CCC3CCCCC3C2)C1. The molecular weight excluding hydrogens is 222 g/mol. The maximum absolute atomic E-state index is 6.16. The molecule has 1 aliphatic carbocycles. The Morgan fingerprint density at radius 3 is 2.56 bits per heavy atom. The van der Waals surface area contributed by atoms with Gasteiger partial charge in [-0.2, -0.15) is 0 Å². The van der Waals surface area contributed by atoms with Gasteiger partial charge in [-0.05, 0) is 51.2 Å². The minimum absolute atomic E-state index is 0.303. The van der Waals surface area contributed by atoms with Crippen molar-refractivity contribution in [2.75, 3.05) is 39.8 Å². The Labute approximate surface area is 112 Å². The summed E-state index contributed by atoms with van der Waals surface area (Å²) in [5, 5.41) is 0. The standard InChI is InChI=1S/C15H29N3/c1-17-9-7-15(11-16,12-17)18-8-6-13-4-2-3-5-14(13)10-18/h13-14H,2-12,16H2,1H3. The second-order valence-electron chi connectivity index (χ2n) is 6.96. The first-order chi connectivity index (χ1) is 8.73. The Hall–Kier alpha value is -0.120. The third-order valence-corrected chi connectivity index (χ3v) is 5.87. The number of nitrogens with zero attached hydrogens (tertiary/aromatic N) is 2. The van der Waals surface area contributed by atoms with Crippen molar-refractivity contribution < 1.29 is 0 Å². The number of fused-ring (bicyclic) bond motifs is 1. The van der Waals surface area contributed by atoms with Gasteiger partial charge in [-0.1, -0.05) is 19.3 Å². The summed E-state index contributed by atoms with van der Waals surface area (Å²) in [6, 6.07) is 0. The molecular formula is C15H29N3. The zero-order chi connectivity index (χ0) is 12.6. The molecule has 18 heavy (non-hydrogen) atoms. The van der Waals surface area contributed by atoms with E-state index in [1.807, 2.05) is 0 Å². The molecule has 3 aliphatic rings. The Balaban J connectivity index is 1.69. The molecule has 3 fully saturated rings. The van der Waals surface area contributed by atoms with Gasteiger partial charge in [0.05, 0.1) is 0 Å². The molecule has 3 unspecified atom stereocenters. The molecule has 3 heteroatoms. The minimum Gasteiger partial charge on any atom is -0.329 e. The van der Waals surface area contributed by atoms with Crippen LogP contribution in [0.1, 0.15) is 38.5 Å². The summed E-state index contributed by atoms with van der Waals surface area (Å²) in [5.41, 5.74) is 6.46.